The second-order valence-corrected chi connectivity index (χ2v) is 8.17. The second kappa shape index (κ2) is 10.4. The molecule has 1 aromatic heterocycles. The van der Waals surface area contributed by atoms with E-state index in [9.17, 15) is 9.59 Å². The fraction of sp³-hybridized carbons (Fsp3) is 0.632. The maximum Gasteiger partial charge on any atom is 0.310 e. The second-order valence-electron chi connectivity index (χ2n) is 7.17. The maximum absolute atomic E-state index is 12.5. The lowest BCUT2D eigenvalue weighted by atomic mass is 9.99. The van der Waals surface area contributed by atoms with Gasteiger partial charge in [0.1, 0.15) is 0 Å². The SMILES string of the molecule is CN=C(NCCC(=O)N1CCc2sccc2C1)N1CC(C)C(C(=O)OC)C1.I. The molecule has 3 rings (SSSR count). The zero-order valence-corrected chi connectivity index (χ0v) is 19.8. The largest absolute Gasteiger partial charge is 0.469 e. The molecule has 2 aliphatic heterocycles. The standard InChI is InChI=1S/C19H28N4O3S.HI/c1-13-10-23(12-15(13)18(25)26-3)19(20-2)21-7-4-17(24)22-8-5-16-14(11-22)6-9-27-16;/h6,9,13,15H,4-5,7-8,10-12H2,1-3H3,(H,20,21);1H. The number of aliphatic imine (C=N–C) groups is 1. The Kier molecular flexibility index (Phi) is 8.54. The molecule has 1 amide bonds. The van der Waals surface area contributed by atoms with Gasteiger partial charge in [-0.25, -0.2) is 0 Å². The van der Waals surface area contributed by atoms with Crippen LogP contribution in [-0.2, 0) is 27.3 Å². The average molecular weight is 520 g/mol. The van der Waals surface area contributed by atoms with Crippen molar-refractivity contribution in [3.63, 3.8) is 0 Å². The van der Waals surface area contributed by atoms with Gasteiger partial charge in [-0.05, 0) is 29.3 Å². The van der Waals surface area contributed by atoms with E-state index in [0.29, 0.717) is 19.5 Å². The number of halogens is 1. The number of nitrogens with zero attached hydrogens (tertiary/aromatic N) is 3. The van der Waals surface area contributed by atoms with Crippen LogP contribution in [-0.4, -0.2) is 68.0 Å². The maximum atomic E-state index is 12.5. The summed E-state index contributed by atoms with van der Waals surface area (Å²) in [5, 5.41) is 5.37. The number of likely N-dealkylation sites (tertiary alicyclic amines) is 1. The fourth-order valence-corrected chi connectivity index (χ4v) is 4.72. The van der Waals surface area contributed by atoms with Crippen molar-refractivity contribution >= 4 is 53.1 Å². The minimum Gasteiger partial charge on any atom is -0.469 e. The number of carbonyl (C=O) groups is 2. The van der Waals surface area contributed by atoms with E-state index in [0.717, 1.165) is 32.0 Å². The number of nitrogens with one attached hydrogen (secondary N) is 1. The number of carbonyl (C=O) groups excluding carboxylic acids is 2. The Morgan fingerprint density at radius 3 is 2.86 bits per heavy atom. The van der Waals surface area contributed by atoms with Crippen molar-refractivity contribution in [3.8, 4) is 0 Å². The molecule has 0 radical (unpaired) electrons. The Balaban J connectivity index is 0.00000280. The van der Waals surface area contributed by atoms with Gasteiger partial charge in [-0.1, -0.05) is 6.92 Å². The Bertz CT molecular complexity index is 724. The van der Waals surface area contributed by atoms with Crippen LogP contribution in [0.5, 0.6) is 0 Å². The van der Waals surface area contributed by atoms with Crippen LogP contribution in [0, 0.1) is 11.8 Å². The van der Waals surface area contributed by atoms with Crippen molar-refractivity contribution in [2.24, 2.45) is 16.8 Å². The Morgan fingerprint density at radius 2 is 2.14 bits per heavy atom. The molecule has 2 unspecified atom stereocenters. The van der Waals surface area contributed by atoms with Gasteiger partial charge in [0.15, 0.2) is 5.96 Å². The van der Waals surface area contributed by atoms with Crippen molar-refractivity contribution in [2.45, 2.75) is 26.3 Å². The van der Waals surface area contributed by atoms with Crippen molar-refractivity contribution in [1.82, 2.24) is 15.1 Å². The smallest absolute Gasteiger partial charge is 0.310 e. The van der Waals surface area contributed by atoms with E-state index in [2.05, 4.69) is 26.7 Å². The Hall–Kier alpha value is -1.36. The third-order valence-electron chi connectivity index (χ3n) is 5.41. The molecule has 9 heteroatoms. The molecule has 2 aliphatic rings. The van der Waals surface area contributed by atoms with Crippen molar-refractivity contribution in [2.75, 3.05) is 40.3 Å². The van der Waals surface area contributed by atoms with E-state index in [1.807, 2.05) is 11.8 Å². The van der Waals surface area contributed by atoms with Crippen molar-refractivity contribution < 1.29 is 14.3 Å². The third kappa shape index (κ3) is 5.16. The van der Waals surface area contributed by atoms with Gasteiger partial charge in [-0.15, -0.1) is 35.3 Å². The van der Waals surface area contributed by atoms with Gasteiger partial charge in [0.2, 0.25) is 5.91 Å². The topological polar surface area (TPSA) is 74.2 Å². The van der Waals surface area contributed by atoms with Crippen molar-refractivity contribution in [1.29, 1.82) is 0 Å². The molecule has 0 saturated carbocycles. The fourth-order valence-electron chi connectivity index (χ4n) is 3.83. The first kappa shape index (κ1) is 22.9. The van der Waals surface area contributed by atoms with Crippen LogP contribution in [0.1, 0.15) is 23.8 Å². The van der Waals surface area contributed by atoms with Crippen LogP contribution < -0.4 is 5.32 Å². The molecule has 2 atom stereocenters. The van der Waals surface area contributed by atoms with Gasteiger partial charge >= 0.3 is 5.97 Å². The van der Waals surface area contributed by atoms with Gasteiger partial charge in [0.05, 0.1) is 13.0 Å². The first-order chi connectivity index (χ1) is 13.0. The molecule has 156 valence electrons. The summed E-state index contributed by atoms with van der Waals surface area (Å²) in [6.07, 6.45) is 1.39. The lowest BCUT2D eigenvalue weighted by Crippen LogP contribution is -2.43. The highest BCUT2D eigenvalue weighted by Crippen LogP contribution is 2.25. The van der Waals surface area contributed by atoms with Crippen LogP contribution >= 0.6 is 35.3 Å². The molecule has 7 nitrogen and oxygen atoms in total. The third-order valence-corrected chi connectivity index (χ3v) is 6.43. The minimum absolute atomic E-state index is 0. The summed E-state index contributed by atoms with van der Waals surface area (Å²) < 4.78 is 4.89. The highest BCUT2D eigenvalue weighted by atomic mass is 127. The summed E-state index contributed by atoms with van der Waals surface area (Å²) in [5.41, 5.74) is 1.28. The molecular formula is C19H29IN4O3S. The summed E-state index contributed by atoms with van der Waals surface area (Å²) in [5.74, 6) is 0.805. The average Bonchev–Trinajstić information content (AvgIpc) is 3.30. The van der Waals surface area contributed by atoms with Gasteiger partial charge in [-0.3, -0.25) is 14.6 Å². The number of hydrogen-bond donors (Lipinski definition) is 1. The number of ether oxygens (including phenoxy) is 1. The van der Waals surface area contributed by atoms with Gasteiger partial charge in [0.25, 0.3) is 0 Å². The van der Waals surface area contributed by atoms with E-state index < -0.39 is 0 Å². The number of amides is 1. The first-order valence-corrected chi connectivity index (χ1v) is 10.3. The van der Waals surface area contributed by atoms with E-state index in [1.165, 1.54) is 17.6 Å². The predicted molar refractivity (Wildman–Crippen MR) is 121 cm³/mol. The highest BCUT2D eigenvalue weighted by Gasteiger charge is 2.36. The van der Waals surface area contributed by atoms with Gasteiger partial charge in [-0.2, -0.15) is 0 Å². The molecule has 0 aromatic carbocycles. The van der Waals surface area contributed by atoms with Crippen LogP contribution in [0.25, 0.3) is 0 Å². The monoisotopic (exact) mass is 520 g/mol. The molecule has 0 aliphatic carbocycles. The zero-order chi connectivity index (χ0) is 19.4. The molecule has 3 heterocycles. The number of fused-ring (bicyclic) bond motifs is 1. The molecule has 1 N–H and O–H groups in total. The Morgan fingerprint density at radius 1 is 1.36 bits per heavy atom. The summed E-state index contributed by atoms with van der Waals surface area (Å²) in [6, 6.07) is 2.12. The molecule has 1 fully saturated rings. The number of esters is 1. The van der Waals surface area contributed by atoms with Crippen molar-refractivity contribution in [3.05, 3.63) is 21.9 Å². The summed E-state index contributed by atoms with van der Waals surface area (Å²) in [6.45, 7) is 5.44. The highest BCUT2D eigenvalue weighted by molar-refractivity contribution is 14.0. The minimum atomic E-state index is -0.173. The van der Waals surface area contributed by atoms with Gasteiger partial charge < -0.3 is 19.9 Å². The Labute approximate surface area is 187 Å². The molecule has 1 aromatic rings. The van der Waals surface area contributed by atoms with E-state index in [1.54, 1.807) is 18.4 Å². The number of methoxy groups -OCH3 is 1. The van der Waals surface area contributed by atoms with Crippen LogP contribution in [0.15, 0.2) is 16.4 Å². The quantitative estimate of drug-likeness (QED) is 0.285. The molecule has 0 bridgehead atoms. The molecular weight excluding hydrogens is 491 g/mol. The summed E-state index contributed by atoms with van der Waals surface area (Å²) in [4.78, 5) is 34.1. The molecule has 0 spiro atoms. The van der Waals surface area contributed by atoms with E-state index in [-0.39, 0.29) is 47.7 Å². The summed E-state index contributed by atoms with van der Waals surface area (Å²) in [7, 11) is 3.15. The van der Waals surface area contributed by atoms with E-state index in [4.69, 9.17) is 4.74 Å². The molecule has 28 heavy (non-hydrogen) atoms. The van der Waals surface area contributed by atoms with E-state index >= 15 is 0 Å². The first-order valence-electron chi connectivity index (χ1n) is 9.40. The normalized spacial score (nSPS) is 21.8. The number of hydrogen-bond acceptors (Lipinski definition) is 5. The lowest BCUT2D eigenvalue weighted by Gasteiger charge is -2.27. The van der Waals surface area contributed by atoms with Crippen LogP contribution in [0.3, 0.4) is 0 Å². The zero-order valence-electron chi connectivity index (χ0n) is 16.6. The number of rotatable bonds is 4. The van der Waals surface area contributed by atoms with Crippen LogP contribution in [0.2, 0.25) is 0 Å². The predicted octanol–water partition coefficient (Wildman–Crippen LogP) is 1.96. The molecule has 1 saturated heterocycles. The lowest BCUT2D eigenvalue weighted by molar-refractivity contribution is -0.146. The summed E-state index contributed by atoms with van der Waals surface area (Å²) >= 11 is 1.78. The van der Waals surface area contributed by atoms with Crippen LogP contribution in [0.4, 0.5) is 0 Å². The van der Waals surface area contributed by atoms with Gasteiger partial charge in [0, 0.05) is 51.1 Å². The number of guanidine groups is 1. The number of thiophene rings is 1.